The molecule has 1 fully saturated rings. The van der Waals surface area contributed by atoms with E-state index in [1.807, 2.05) is 0 Å². The predicted molar refractivity (Wildman–Crippen MR) is 72.9 cm³/mol. The Morgan fingerprint density at radius 3 is 2.35 bits per heavy atom. The first-order chi connectivity index (χ1) is 8.06. The Bertz CT molecular complexity index is 401. The predicted octanol–water partition coefficient (Wildman–Crippen LogP) is 4.53. The summed E-state index contributed by atoms with van der Waals surface area (Å²) in [5, 5.41) is 0.953. The normalized spacial score (nSPS) is 24.6. The van der Waals surface area contributed by atoms with Crippen molar-refractivity contribution in [3.8, 4) is 5.75 Å². The second-order valence-corrected chi connectivity index (χ2v) is 5.62. The summed E-state index contributed by atoms with van der Waals surface area (Å²) in [7, 11) is 0. The Balaban J connectivity index is 2.06. The van der Waals surface area contributed by atoms with Gasteiger partial charge in [0.2, 0.25) is 0 Å². The smallest absolute Gasteiger partial charge is 0.144 e. The standard InChI is InChI=1S/C13H17Cl2NO/c1-8-2-4-9(5-3-8)17-13-7-11(15)10(14)6-12(13)16/h6-9H,2-5,16H2,1H3. The Morgan fingerprint density at radius 2 is 1.71 bits per heavy atom. The van der Waals surface area contributed by atoms with Crippen molar-refractivity contribution in [2.75, 3.05) is 5.73 Å². The third-order valence-electron chi connectivity index (χ3n) is 3.31. The van der Waals surface area contributed by atoms with Crippen molar-refractivity contribution in [1.82, 2.24) is 0 Å². The Labute approximate surface area is 112 Å². The molecule has 0 heterocycles. The molecule has 0 radical (unpaired) electrons. The molecule has 0 saturated heterocycles. The van der Waals surface area contributed by atoms with Gasteiger partial charge in [0.05, 0.1) is 21.8 Å². The molecular formula is C13H17Cl2NO. The largest absolute Gasteiger partial charge is 0.488 e. The fourth-order valence-corrected chi connectivity index (χ4v) is 2.50. The first-order valence-corrected chi connectivity index (χ1v) is 6.73. The highest BCUT2D eigenvalue weighted by atomic mass is 35.5. The number of rotatable bonds is 2. The van der Waals surface area contributed by atoms with Crippen LogP contribution in [-0.4, -0.2) is 6.10 Å². The number of halogens is 2. The van der Waals surface area contributed by atoms with E-state index in [1.54, 1.807) is 12.1 Å². The lowest BCUT2D eigenvalue weighted by molar-refractivity contribution is 0.136. The summed E-state index contributed by atoms with van der Waals surface area (Å²) in [6.45, 7) is 2.28. The van der Waals surface area contributed by atoms with Crippen LogP contribution in [0.1, 0.15) is 32.6 Å². The van der Waals surface area contributed by atoms with Crippen LogP contribution < -0.4 is 10.5 Å². The van der Waals surface area contributed by atoms with Gasteiger partial charge in [-0.2, -0.15) is 0 Å². The van der Waals surface area contributed by atoms with Gasteiger partial charge in [0.25, 0.3) is 0 Å². The van der Waals surface area contributed by atoms with Crippen LogP contribution in [0.3, 0.4) is 0 Å². The lowest BCUT2D eigenvalue weighted by atomic mass is 9.89. The minimum Gasteiger partial charge on any atom is -0.488 e. The average molecular weight is 274 g/mol. The summed E-state index contributed by atoms with van der Waals surface area (Å²) in [6.07, 6.45) is 4.85. The van der Waals surface area contributed by atoms with Crippen LogP contribution in [0.15, 0.2) is 12.1 Å². The molecule has 1 aliphatic rings. The van der Waals surface area contributed by atoms with Gasteiger partial charge in [0, 0.05) is 6.07 Å². The third kappa shape index (κ3) is 3.20. The Morgan fingerprint density at radius 1 is 1.12 bits per heavy atom. The van der Waals surface area contributed by atoms with Crippen LogP contribution in [0.4, 0.5) is 5.69 Å². The van der Waals surface area contributed by atoms with E-state index in [2.05, 4.69) is 6.92 Å². The highest BCUT2D eigenvalue weighted by molar-refractivity contribution is 6.42. The molecular weight excluding hydrogens is 257 g/mol. The van der Waals surface area contributed by atoms with E-state index in [0.29, 0.717) is 21.5 Å². The van der Waals surface area contributed by atoms with Crippen LogP contribution >= 0.6 is 23.2 Å². The number of benzene rings is 1. The molecule has 0 amide bonds. The molecule has 1 aromatic rings. The van der Waals surface area contributed by atoms with E-state index in [4.69, 9.17) is 33.7 Å². The van der Waals surface area contributed by atoms with Crippen molar-refractivity contribution < 1.29 is 4.74 Å². The summed E-state index contributed by atoms with van der Waals surface area (Å²) in [4.78, 5) is 0. The Kier molecular flexibility index (Phi) is 4.05. The van der Waals surface area contributed by atoms with E-state index in [1.165, 1.54) is 12.8 Å². The van der Waals surface area contributed by atoms with Crippen molar-refractivity contribution >= 4 is 28.9 Å². The topological polar surface area (TPSA) is 35.2 Å². The lowest BCUT2D eigenvalue weighted by Gasteiger charge is -2.27. The van der Waals surface area contributed by atoms with Gasteiger partial charge >= 0.3 is 0 Å². The van der Waals surface area contributed by atoms with Crippen molar-refractivity contribution in [3.05, 3.63) is 22.2 Å². The van der Waals surface area contributed by atoms with E-state index in [-0.39, 0.29) is 6.10 Å². The van der Waals surface area contributed by atoms with Gasteiger partial charge in [-0.1, -0.05) is 30.1 Å². The summed E-state index contributed by atoms with van der Waals surface area (Å²) >= 11 is 11.8. The van der Waals surface area contributed by atoms with E-state index in [0.717, 1.165) is 18.8 Å². The molecule has 2 rings (SSSR count). The number of ether oxygens (including phenoxy) is 1. The molecule has 2 nitrogen and oxygen atoms in total. The van der Waals surface area contributed by atoms with E-state index < -0.39 is 0 Å². The van der Waals surface area contributed by atoms with Gasteiger partial charge in [0.1, 0.15) is 5.75 Å². The van der Waals surface area contributed by atoms with E-state index >= 15 is 0 Å². The maximum absolute atomic E-state index is 5.96. The summed E-state index contributed by atoms with van der Waals surface area (Å²) < 4.78 is 5.90. The summed E-state index contributed by atoms with van der Waals surface area (Å²) in [5.74, 6) is 1.46. The van der Waals surface area contributed by atoms with Gasteiger partial charge in [-0.25, -0.2) is 0 Å². The SMILES string of the molecule is CC1CCC(Oc2cc(Cl)c(Cl)cc2N)CC1. The highest BCUT2D eigenvalue weighted by Gasteiger charge is 2.20. The van der Waals surface area contributed by atoms with Crippen molar-refractivity contribution in [2.24, 2.45) is 5.92 Å². The maximum atomic E-state index is 5.96. The zero-order chi connectivity index (χ0) is 12.4. The number of anilines is 1. The zero-order valence-electron chi connectivity index (χ0n) is 9.88. The van der Waals surface area contributed by atoms with Crippen molar-refractivity contribution in [1.29, 1.82) is 0 Å². The molecule has 2 N–H and O–H groups in total. The fourth-order valence-electron chi connectivity index (χ4n) is 2.17. The van der Waals surface area contributed by atoms with Crippen LogP contribution in [0.25, 0.3) is 0 Å². The molecule has 0 unspecified atom stereocenters. The third-order valence-corrected chi connectivity index (χ3v) is 4.03. The van der Waals surface area contributed by atoms with Crippen LogP contribution in [0, 0.1) is 5.92 Å². The molecule has 4 heteroatoms. The molecule has 0 aliphatic heterocycles. The quantitative estimate of drug-likeness (QED) is 0.804. The van der Waals surface area contributed by atoms with Crippen LogP contribution in [0.2, 0.25) is 10.0 Å². The van der Waals surface area contributed by atoms with Crippen LogP contribution in [-0.2, 0) is 0 Å². The average Bonchev–Trinajstić information content (AvgIpc) is 2.29. The molecule has 17 heavy (non-hydrogen) atoms. The van der Waals surface area contributed by atoms with Crippen molar-refractivity contribution in [2.45, 2.75) is 38.7 Å². The highest BCUT2D eigenvalue weighted by Crippen LogP contribution is 2.35. The minimum atomic E-state index is 0.255. The minimum absolute atomic E-state index is 0.255. The second-order valence-electron chi connectivity index (χ2n) is 4.80. The van der Waals surface area contributed by atoms with Crippen molar-refractivity contribution in [3.63, 3.8) is 0 Å². The van der Waals surface area contributed by atoms with Crippen LogP contribution in [0.5, 0.6) is 5.75 Å². The van der Waals surface area contributed by atoms with Gasteiger partial charge < -0.3 is 10.5 Å². The molecule has 1 aliphatic carbocycles. The lowest BCUT2D eigenvalue weighted by Crippen LogP contribution is -2.23. The monoisotopic (exact) mass is 273 g/mol. The molecule has 0 aromatic heterocycles. The number of nitrogen functional groups attached to an aromatic ring is 1. The van der Waals surface area contributed by atoms with E-state index in [9.17, 15) is 0 Å². The van der Waals surface area contributed by atoms with Gasteiger partial charge in [0.15, 0.2) is 0 Å². The number of nitrogens with two attached hydrogens (primary N) is 1. The molecule has 1 saturated carbocycles. The zero-order valence-corrected chi connectivity index (χ0v) is 11.4. The molecule has 1 aromatic carbocycles. The second kappa shape index (κ2) is 5.36. The molecule has 0 bridgehead atoms. The number of hydrogen-bond donors (Lipinski definition) is 1. The first-order valence-electron chi connectivity index (χ1n) is 5.97. The molecule has 0 spiro atoms. The number of hydrogen-bond acceptors (Lipinski definition) is 2. The first kappa shape index (κ1) is 12.8. The molecule has 0 atom stereocenters. The van der Waals surface area contributed by atoms with Gasteiger partial charge in [-0.15, -0.1) is 0 Å². The maximum Gasteiger partial charge on any atom is 0.144 e. The van der Waals surface area contributed by atoms with Gasteiger partial charge in [-0.3, -0.25) is 0 Å². The van der Waals surface area contributed by atoms with Gasteiger partial charge in [-0.05, 0) is 37.7 Å². The summed E-state index contributed by atoms with van der Waals surface area (Å²) in [5.41, 5.74) is 6.42. The molecule has 94 valence electrons. The Hall–Kier alpha value is -0.600. The fraction of sp³-hybridized carbons (Fsp3) is 0.538. The summed E-state index contributed by atoms with van der Waals surface area (Å²) in [6, 6.07) is 3.35.